The third kappa shape index (κ3) is 4.29. The number of halogens is 1. The normalized spacial score (nSPS) is 10.4. The van der Waals surface area contributed by atoms with Crippen molar-refractivity contribution in [2.45, 2.75) is 6.54 Å². The van der Waals surface area contributed by atoms with Crippen LogP contribution in [0.5, 0.6) is 0 Å². The summed E-state index contributed by atoms with van der Waals surface area (Å²) in [6.45, 7) is 6.64. The van der Waals surface area contributed by atoms with Crippen molar-refractivity contribution < 1.29 is 4.74 Å². The minimum atomic E-state index is 0.652. The van der Waals surface area contributed by atoms with E-state index in [1.807, 2.05) is 19.2 Å². The highest BCUT2D eigenvalue weighted by Crippen LogP contribution is 2.20. The van der Waals surface area contributed by atoms with Gasteiger partial charge in [-0.3, -0.25) is 0 Å². The first-order chi connectivity index (χ1) is 8.72. The smallest absolute Gasteiger partial charge is 0.129 e. The van der Waals surface area contributed by atoms with Crippen LogP contribution in [0.3, 0.4) is 0 Å². The average Bonchev–Trinajstić information content (AvgIpc) is 2.37. The van der Waals surface area contributed by atoms with Crippen molar-refractivity contribution in [2.24, 2.45) is 0 Å². The predicted octanol–water partition coefficient (Wildman–Crippen LogP) is 2.09. The molecular weight excluding hydrogens is 250 g/mol. The van der Waals surface area contributed by atoms with Gasteiger partial charge in [-0.1, -0.05) is 17.7 Å². The topological polar surface area (TPSA) is 37.4 Å². The molecule has 0 fully saturated rings. The fourth-order valence-electron chi connectivity index (χ4n) is 1.62. The largest absolute Gasteiger partial charge is 0.383 e. The lowest BCUT2D eigenvalue weighted by molar-refractivity contribution is 0.205. The highest BCUT2D eigenvalue weighted by atomic mass is 35.5. The van der Waals surface area contributed by atoms with Gasteiger partial charge in [-0.25, -0.2) is 4.98 Å². The Hall–Kier alpha value is -1.10. The number of methoxy groups -OCH3 is 1. The van der Waals surface area contributed by atoms with E-state index in [0.717, 1.165) is 31.0 Å². The van der Waals surface area contributed by atoms with Crippen LogP contribution < -0.4 is 10.2 Å². The minimum absolute atomic E-state index is 0.652. The molecule has 0 unspecified atom stereocenters. The monoisotopic (exact) mass is 269 g/mol. The molecule has 0 amide bonds. The molecule has 1 aromatic rings. The summed E-state index contributed by atoms with van der Waals surface area (Å²) in [5.74, 6) is 0.890. The summed E-state index contributed by atoms with van der Waals surface area (Å²) < 4.78 is 5.10. The SMILES string of the molecule is C=CCN(CCOC)c1cc(CNC)c(Cl)cn1. The van der Waals surface area contributed by atoms with Crippen molar-refractivity contribution in [1.29, 1.82) is 0 Å². The van der Waals surface area contributed by atoms with Crippen LogP contribution in [-0.4, -0.2) is 38.8 Å². The van der Waals surface area contributed by atoms with Gasteiger partial charge < -0.3 is 15.0 Å². The maximum Gasteiger partial charge on any atom is 0.129 e. The van der Waals surface area contributed by atoms with E-state index in [1.54, 1.807) is 13.3 Å². The first-order valence-electron chi connectivity index (χ1n) is 5.86. The molecule has 5 heteroatoms. The molecule has 0 atom stereocenters. The van der Waals surface area contributed by atoms with Gasteiger partial charge in [-0.2, -0.15) is 0 Å². The van der Waals surface area contributed by atoms with Gasteiger partial charge in [0, 0.05) is 32.9 Å². The number of hydrogen-bond donors (Lipinski definition) is 1. The first kappa shape index (κ1) is 15.0. The molecule has 0 aliphatic carbocycles. The lowest BCUT2D eigenvalue weighted by Gasteiger charge is -2.22. The van der Waals surface area contributed by atoms with E-state index >= 15 is 0 Å². The van der Waals surface area contributed by atoms with Crippen LogP contribution in [0.1, 0.15) is 5.56 Å². The molecular formula is C13H20ClN3O. The fourth-order valence-corrected chi connectivity index (χ4v) is 1.79. The fraction of sp³-hybridized carbons (Fsp3) is 0.462. The van der Waals surface area contributed by atoms with Gasteiger partial charge in [0.05, 0.1) is 11.6 Å². The number of pyridine rings is 1. The second kappa shape index (κ2) is 8.08. The molecule has 1 aromatic heterocycles. The standard InChI is InChI=1S/C13H20ClN3O/c1-4-5-17(6-7-18-3)13-8-11(9-15-2)12(14)10-16-13/h4,8,10,15H,1,5-7,9H2,2-3H3. The number of ether oxygens (including phenoxy) is 1. The van der Waals surface area contributed by atoms with Gasteiger partial charge in [0.15, 0.2) is 0 Å². The third-order valence-electron chi connectivity index (χ3n) is 2.53. The Kier molecular flexibility index (Phi) is 6.72. The number of rotatable bonds is 8. The summed E-state index contributed by atoms with van der Waals surface area (Å²) in [4.78, 5) is 6.46. The van der Waals surface area contributed by atoms with Crippen molar-refractivity contribution in [3.8, 4) is 0 Å². The maximum absolute atomic E-state index is 6.10. The molecule has 0 saturated heterocycles. The van der Waals surface area contributed by atoms with Crippen molar-refractivity contribution in [3.05, 3.63) is 35.5 Å². The van der Waals surface area contributed by atoms with Gasteiger partial charge in [-0.05, 0) is 18.7 Å². The summed E-state index contributed by atoms with van der Waals surface area (Å²) in [5.41, 5.74) is 1.04. The molecule has 0 spiro atoms. The molecule has 1 rings (SSSR count). The lowest BCUT2D eigenvalue weighted by Crippen LogP contribution is -2.28. The minimum Gasteiger partial charge on any atom is -0.383 e. The molecule has 100 valence electrons. The summed E-state index contributed by atoms with van der Waals surface area (Å²) in [6, 6.07) is 2.00. The Morgan fingerprint density at radius 2 is 2.39 bits per heavy atom. The molecule has 4 nitrogen and oxygen atoms in total. The van der Waals surface area contributed by atoms with E-state index in [9.17, 15) is 0 Å². The van der Waals surface area contributed by atoms with E-state index in [2.05, 4.69) is 21.8 Å². The van der Waals surface area contributed by atoms with E-state index in [1.165, 1.54) is 0 Å². The first-order valence-corrected chi connectivity index (χ1v) is 6.24. The average molecular weight is 270 g/mol. The van der Waals surface area contributed by atoms with Crippen LogP contribution >= 0.6 is 11.6 Å². The second-order valence-electron chi connectivity index (χ2n) is 3.89. The van der Waals surface area contributed by atoms with Gasteiger partial charge in [0.25, 0.3) is 0 Å². The zero-order valence-corrected chi connectivity index (χ0v) is 11.7. The van der Waals surface area contributed by atoms with Gasteiger partial charge >= 0.3 is 0 Å². The molecule has 1 N–H and O–H groups in total. The Morgan fingerprint density at radius 3 is 3.00 bits per heavy atom. The van der Waals surface area contributed by atoms with Gasteiger partial charge in [-0.15, -0.1) is 6.58 Å². The Balaban J connectivity index is 2.89. The zero-order chi connectivity index (χ0) is 13.4. The van der Waals surface area contributed by atoms with Crippen LogP contribution in [0.15, 0.2) is 24.9 Å². The third-order valence-corrected chi connectivity index (χ3v) is 2.87. The lowest BCUT2D eigenvalue weighted by atomic mass is 10.2. The van der Waals surface area contributed by atoms with E-state index in [-0.39, 0.29) is 0 Å². The highest BCUT2D eigenvalue weighted by Gasteiger charge is 2.09. The summed E-state index contributed by atoms with van der Waals surface area (Å²) in [5, 5.41) is 3.77. The molecule has 18 heavy (non-hydrogen) atoms. The second-order valence-corrected chi connectivity index (χ2v) is 4.30. The molecule has 0 bridgehead atoms. The number of nitrogens with one attached hydrogen (secondary N) is 1. The molecule has 0 saturated carbocycles. The maximum atomic E-state index is 6.10. The van der Waals surface area contributed by atoms with E-state index < -0.39 is 0 Å². The number of aromatic nitrogens is 1. The van der Waals surface area contributed by atoms with Crippen LogP contribution in [0, 0.1) is 0 Å². The number of anilines is 1. The Labute approximate surface area is 114 Å². The molecule has 0 aliphatic rings. The quantitative estimate of drug-likeness (QED) is 0.734. The molecule has 1 heterocycles. The van der Waals surface area contributed by atoms with Crippen molar-refractivity contribution in [3.63, 3.8) is 0 Å². The van der Waals surface area contributed by atoms with Crippen LogP contribution in [0.25, 0.3) is 0 Å². The number of hydrogen-bond acceptors (Lipinski definition) is 4. The van der Waals surface area contributed by atoms with Crippen LogP contribution in [0.2, 0.25) is 5.02 Å². The van der Waals surface area contributed by atoms with Crippen molar-refractivity contribution >= 4 is 17.4 Å². The van der Waals surface area contributed by atoms with Crippen molar-refractivity contribution in [2.75, 3.05) is 38.8 Å². The molecule has 0 aliphatic heterocycles. The highest BCUT2D eigenvalue weighted by molar-refractivity contribution is 6.31. The predicted molar refractivity (Wildman–Crippen MR) is 76.3 cm³/mol. The molecule has 0 radical (unpaired) electrons. The van der Waals surface area contributed by atoms with Crippen LogP contribution in [-0.2, 0) is 11.3 Å². The molecule has 0 aromatic carbocycles. The zero-order valence-electron chi connectivity index (χ0n) is 10.9. The van der Waals surface area contributed by atoms with Gasteiger partial charge in [0.1, 0.15) is 5.82 Å². The Bertz CT molecular complexity index is 384. The van der Waals surface area contributed by atoms with Crippen LogP contribution in [0.4, 0.5) is 5.82 Å². The number of nitrogens with zero attached hydrogens (tertiary/aromatic N) is 2. The van der Waals surface area contributed by atoms with E-state index in [0.29, 0.717) is 11.6 Å². The summed E-state index contributed by atoms with van der Waals surface area (Å²) in [6.07, 6.45) is 3.54. The Morgan fingerprint density at radius 1 is 1.61 bits per heavy atom. The summed E-state index contributed by atoms with van der Waals surface area (Å²) in [7, 11) is 3.58. The van der Waals surface area contributed by atoms with Crippen molar-refractivity contribution in [1.82, 2.24) is 10.3 Å². The van der Waals surface area contributed by atoms with E-state index in [4.69, 9.17) is 16.3 Å². The van der Waals surface area contributed by atoms with Gasteiger partial charge in [0.2, 0.25) is 0 Å². The summed E-state index contributed by atoms with van der Waals surface area (Å²) >= 11 is 6.10.